The van der Waals surface area contributed by atoms with Crippen molar-refractivity contribution in [2.45, 2.75) is 19.4 Å². The Morgan fingerprint density at radius 2 is 2.24 bits per heavy atom. The molecular formula is C16H22N4O. The molecule has 1 aliphatic heterocycles. The minimum absolute atomic E-state index is 0.0525. The van der Waals surface area contributed by atoms with E-state index in [0.717, 1.165) is 31.0 Å². The summed E-state index contributed by atoms with van der Waals surface area (Å²) in [5.41, 5.74) is 0.715. The SMILES string of the molecule is CN(Cc1nc2ccccc2c(=O)[nH]1)CC1CCCNC1. The van der Waals surface area contributed by atoms with Crippen molar-refractivity contribution in [2.24, 2.45) is 5.92 Å². The van der Waals surface area contributed by atoms with Crippen LogP contribution in [0.5, 0.6) is 0 Å². The molecule has 0 radical (unpaired) electrons. The highest BCUT2D eigenvalue weighted by Gasteiger charge is 2.15. The molecule has 0 spiro atoms. The highest BCUT2D eigenvalue weighted by molar-refractivity contribution is 5.77. The summed E-state index contributed by atoms with van der Waals surface area (Å²) in [6, 6.07) is 7.47. The molecule has 2 aromatic rings. The quantitative estimate of drug-likeness (QED) is 0.891. The fourth-order valence-corrected chi connectivity index (χ4v) is 3.05. The van der Waals surface area contributed by atoms with Gasteiger partial charge in [0.05, 0.1) is 17.4 Å². The second-order valence-corrected chi connectivity index (χ2v) is 5.94. The molecule has 1 fully saturated rings. The lowest BCUT2D eigenvalue weighted by Gasteiger charge is -2.27. The van der Waals surface area contributed by atoms with Crippen LogP contribution in [0.2, 0.25) is 0 Å². The molecule has 0 bridgehead atoms. The first-order valence-corrected chi connectivity index (χ1v) is 7.59. The van der Waals surface area contributed by atoms with E-state index in [1.54, 1.807) is 0 Å². The first kappa shape index (κ1) is 14.2. The van der Waals surface area contributed by atoms with Gasteiger partial charge in [-0.15, -0.1) is 0 Å². The van der Waals surface area contributed by atoms with Crippen molar-refractivity contribution in [2.75, 3.05) is 26.7 Å². The summed E-state index contributed by atoms with van der Waals surface area (Å²) in [5.74, 6) is 1.43. The van der Waals surface area contributed by atoms with Gasteiger partial charge in [0.25, 0.3) is 5.56 Å². The molecule has 2 heterocycles. The molecule has 3 rings (SSSR count). The number of hydrogen-bond acceptors (Lipinski definition) is 4. The predicted molar refractivity (Wildman–Crippen MR) is 84.3 cm³/mol. The third-order valence-electron chi connectivity index (χ3n) is 4.05. The maximum Gasteiger partial charge on any atom is 0.258 e. The summed E-state index contributed by atoms with van der Waals surface area (Å²) in [7, 11) is 2.09. The number of aromatic amines is 1. The largest absolute Gasteiger partial charge is 0.316 e. The number of piperidine rings is 1. The maximum atomic E-state index is 12.0. The molecule has 1 atom stereocenters. The molecule has 5 nitrogen and oxygen atoms in total. The second-order valence-electron chi connectivity index (χ2n) is 5.94. The van der Waals surface area contributed by atoms with Crippen LogP contribution in [0.15, 0.2) is 29.1 Å². The molecule has 0 aliphatic carbocycles. The Hall–Kier alpha value is -1.72. The van der Waals surface area contributed by atoms with Crippen molar-refractivity contribution in [3.8, 4) is 0 Å². The van der Waals surface area contributed by atoms with E-state index in [1.807, 2.05) is 24.3 Å². The van der Waals surface area contributed by atoms with Gasteiger partial charge in [0.1, 0.15) is 5.82 Å². The Bertz CT molecular complexity index is 661. The minimum Gasteiger partial charge on any atom is -0.316 e. The van der Waals surface area contributed by atoms with E-state index in [0.29, 0.717) is 17.8 Å². The average Bonchev–Trinajstić information content (AvgIpc) is 2.48. The van der Waals surface area contributed by atoms with Gasteiger partial charge in [-0.2, -0.15) is 0 Å². The van der Waals surface area contributed by atoms with Crippen LogP contribution in [0.25, 0.3) is 10.9 Å². The lowest BCUT2D eigenvalue weighted by Crippen LogP contribution is -2.37. The summed E-state index contributed by atoms with van der Waals surface area (Å²) >= 11 is 0. The van der Waals surface area contributed by atoms with Crippen molar-refractivity contribution in [1.29, 1.82) is 0 Å². The first-order valence-electron chi connectivity index (χ1n) is 7.59. The molecule has 21 heavy (non-hydrogen) atoms. The standard InChI is InChI=1S/C16H22N4O/c1-20(10-12-5-4-8-17-9-12)11-15-18-14-7-3-2-6-13(14)16(21)19-15/h2-3,6-7,12,17H,4-5,8-11H2,1H3,(H,18,19,21). The van der Waals surface area contributed by atoms with Crippen molar-refractivity contribution in [1.82, 2.24) is 20.2 Å². The fraction of sp³-hybridized carbons (Fsp3) is 0.500. The number of para-hydroxylation sites is 1. The Balaban J connectivity index is 1.70. The number of aromatic nitrogens is 2. The summed E-state index contributed by atoms with van der Waals surface area (Å²) in [6.45, 7) is 3.94. The molecule has 1 aromatic carbocycles. The molecule has 1 saturated heterocycles. The van der Waals surface area contributed by atoms with Crippen LogP contribution >= 0.6 is 0 Å². The monoisotopic (exact) mass is 286 g/mol. The number of nitrogens with zero attached hydrogens (tertiary/aromatic N) is 2. The Morgan fingerprint density at radius 1 is 1.38 bits per heavy atom. The number of H-pyrrole nitrogens is 1. The lowest BCUT2D eigenvalue weighted by molar-refractivity contribution is 0.233. The van der Waals surface area contributed by atoms with Gasteiger partial charge in [0.15, 0.2) is 0 Å². The zero-order chi connectivity index (χ0) is 14.7. The van der Waals surface area contributed by atoms with E-state index in [-0.39, 0.29) is 5.56 Å². The summed E-state index contributed by atoms with van der Waals surface area (Å²) in [6.07, 6.45) is 2.53. The van der Waals surface area contributed by atoms with Gasteiger partial charge in [-0.25, -0.2) is 4.98 Å². The van der Waals surface area contributed by atoms with Gasteiger partial charge < -0.3 is 10.3 Å². The molecule has 1 aromatic heterocycles. The Labute approximate surface area is 124 Å². The summed E-state index contributed by atoms with van der Waals surface area (Å²) in [4.78, 5) is 21.7. The van der Waals surface area contributed by atoms with Crippen LogP contribution in [0.4, 0.5) is 0 Å². The number of benzene rings is 1. The topological polar surface area (TPSA) is 61.0 Å². The molecule has 112 valence electrons. The van der Waals surface area contributed by atoms with Crippen LogP contribution in [-0.2, 0) is 6.54 Å². The zero-order valence-corrected chi connectivity index (χ0v) is 12.4. The second kappa shape index (κ2) is 6.37. The van der Waals surface area contributed by atoms with Gasteiger partial charge in [0, 0.05) is 6.54 Å². The van der Waals surface area contributed by atoms with Crippen LogP contribution in [-0.4, -0.2) is 41.5 Å². The predicted octanol–water partition coefficient (Wildman–Crippen LogP) is 1.35. The number of hydrogen-bond donors (Lipinski definition) is 2. The average molecular weight is 286 g/mol. The van der Waals surface area contributed by atoms with E-state index in [2.05, 4.69) is 27.2 Å². The van der Waals surface area contributed by atoms with Crippen LogP contribution < -0.4 is 10.9 Å². The normalized spacial score (nSPS) is 19.2. The third kappa shape index (κ3) is 3.49. The first-order chi connectivity index (χ1) is 10.2. The lowest BCUT2D eigenvalue weighted by atomic mass is 9.99. The van der Waals surface area contributed by atoms with E-state index in [9.17, 15) is 4.79 Å². The van der Waals surface area contributed by atoms with E-state index >= 15 is 0 Å². The number of rotatable bonds is 4. The molecule has 0 saturated carbocycles. The van der Waals surface area contributed by atoms with Crippen LogP contribution in [0.1, 0.15) is 18.7 Å². The molecular weight excluding hydrogens is 264 g/mol. The van der Waals surface area contributed by atoms with Crippen LogP contribution in [0.3, 0.4) is 0 Å². The minimum atomic E-state index is -0.0525. The van der Waals surface area contributed by atoms with Gasteiger partial charge >= 0.3 is 0 Å². The van der Waals surface area contributed by atoms with E-state index < -0.39 is 0 Å². The summed E-state index contributed by atoms with van der Waals surface area (Å²) in [5, 5.41) is 4.09. The molecule has 5 heteroatoms. The van der Waals surface area contributed by atoms with Crippen molar-refractivity contribution < 1.29 is 0 Å². The highest BCUT2D eigenvalue weighted by Crippen LogP contribution is 2.12. The van der Waals surface area contributed by atoms with Crippen molar-refractivity contribution >= 4 is 10.9 Å². The van der Waals surface area contributed by atoms with E-state index in [1.165, 1.54) is 12.8 Å². The maximum absolute atomic E-state index is 12.0. The molecule has 0 amide bonds. The van der Waals surface area contributed by atoms with Crippen molar-refractivity contribution in [3.05, 3.63) is 40.4 Å². The Kier molecular flexibility index (Phi) is 4.31. The molecule has 1 aliphatic rings. The van der Waals surface area contributed by atoms with Gasteiger partial charge in [-0.1, -0.05) is 12.1 Å². The van der Waals surface area contributed by atoms with Gasteiger partial charge in [-0.3, -0.25) is 9.69 Å². The fourth-order valence-electron chi connectivity index (χ4n) is 3.05. The number of nitrogens with one attached hydrogen (secondary N) is 2. The Morgan fingerprint density at radius 3 is 3.05 bits per heavy atom. The molecule has 2 N–H and O–H groups in total. The van der Waals surface area contributed by atoms with Gasteiger partial charge in [-0.05, 0) is 51.0 Å². The number of fused-ring (bicyclic) bond motifs is 1. The van der Waals surface area contributed by atoms with Crippen molar-refractivity contribution in [3.63, 3.8) is 0 Å². The highest BCUT2D eigenvalue weighted by atomic mass is 16.1. The zero-order valence-electron chi connectivity index (χ0n) is 12.4. The van der Waals surface area contributed by atoms with E-state index in [4.69, 9.17) is 0 Å². The van der Waals surface area contributed by atoms with Crippen LogP contribution in [0, 0.1) is 5.92 Å². The summed E-state index contributed by atoms with van der Waals surface area (Å²) < 4.78 is 0. The molecule has 1 unspecified atom stereocenters. The third-order valence-corrected chi connectivity index (χ3v) is 4.05. The smallest absolute Gasteiger partial charge is 0.258 e. The van der Waals surface area contributed by atoms with Gasteiger partial charge in [0.2, 0.25) is 0 Å².